The number of nitrogens with zero attached hydrogens (tertiary/aromatic N) is 3. The number of carbonyl (C=O) groups excluding carboxylic acids is 1. The molecule has 0 bridgehead atoms. The Morgan fingerprint density at radius 1 is 1.13 bits per heavy atom. The highest BCUT2D eigenvalue weighted by Crippen LogP contribution is 2.20. The topological polar surface area (TPSA) is 115 Å². The van der Waals surface area contributed by atoms with Crippen molar-refractivity contribution in [3.63, 3.8) is 0 Å². The third-order valence-corrected chi connectivity index (χ3v) is 5.63. The molecule has 0 aliphatic rings. The Bertz CT molecular complexity index is 1110. The number of hydrogen-bond donors (Lipinski definition) is 1. The number of amides is 1. The van der Waals surface area contributed by atoms with Crippen LogP contribution in [-0.4, -0.2) is 49.3 Å². The van der Waals surface area contributed by atoms with Gasteiger partial charge in [0.25, 0.3) is 5.91 Å². The van der Waals surface area contributed by atoms with Crippen LogP contribution in [0.4, 0.5) is 5.69 Å². The fourth-order valence-corrected chi connectivity index (χ4v) is 3.24. The van der Waals surface area contributed by atoms with Crippen molar-refractivity contribution in [2.24, 2.45) is 0 Å². The van der Waals surface area contributed by atoms with E-state index in [1.807, 2.05) is 12.1 Å². The Balaban J connectivity index is 1.65. The molecule has 0 saturated heterocycles. The fourth-order valence-electron chi connectivity index (χ4n) is 2.60. The Labute approximate surface area is 174 Å². The quantitative estimate of drug-likeness (QED) is 0.584. The zero-order chi connectivity index (χ0) is 21.7. The van der Waals surface area contributed by atoms with Crippen LogP contribution in [0.2, 0.25) is 0 Å². The first kappa shape index (κ1) is 21.3. The summed E-state index contributed by atoms with van der Waals surface area (Å²) in [4.78, 5) is 18.4. The van der Waals surface area contributed by atoms with Gasteiger partial charge in [-0.25, -0.2) is 8.42 Å². The fraction of sp³-hybridized carbons (Fsp3) is 0.250. The maximum Gasteiger partial charge on any atom is 0.254 e. The minimum Gasteiger partial charge on any atom is -0.497 e. The average molecular weight is 430 g/mol. The van der Waals surface area contributed by atoms with E-state index in [4.69, 9.17) is 9.26 Å². The highest BCUT2D eigenvalue weighted by molar-refractivity contribution is 7.92. The highest BCUT2D eigenvalue weighted by Gasteiger charge is 2.17. The maximum absolute atomic E-state index is 12.6. The summed E-state index contributed by atoms with van der Waals surface area (Å²) in [5.41, 5.74) is 1.58. The standard InChI is InChI=1S/C20H22N4O5S/c1-4-30(26,27)23-16-9-5-15(6-10-16)20(25)24(2)13-18-21-19(22-29-18)14-7-11-17(28-3)12-8-14/h5-12,23H,4,13H2,1-3H3. The van der Waals surface area contributed by atoms with Crippen molar-refractivity contribution in [1.29, 1.82) is 0 Å². The lowest BCUT2D eigenvalue weighted by atomic mass is 10.2. The number of hydrogen-bond acceptors (Lipinski definition) is 7. The van der Waals surface area contributed by atoms with Crippen LogP contribution >= 0.6 is 0 Å². The third kappa shape index (κ3) is 5.15. The minimum absolute atomic E-state index is 0.0287. The molecule has 2 aromatic carbocycles. The van der Waals surface area contributed by atoms with Gasteiger partial charge in [0.05, 0.1) is 19.4 Å². The molecule has 1 N–H and O–H groups in total. The molecule has 0 fully saturated rings. The molecule has 158 valence electrons. The molecule has 1 amide bonds. The van der Waals surface area contributed by atoms with E-state index in [1.54, 1.807) is 57.5 Å². The molecule has 0 aliphatic carbocycles. The second-order valence-electron chi connectivity index (χ2n) is 6.48. The van der Waals surface area contributed by atoms with Crippen LogP contribution in [-0.2, 0) is 16.6 Å². The third-order valence-electron chi connectivity index (χ3n) is 4.32. The molecule has 3 aromatic rings. The first-order chi connectivity index (χ1) is 14.3. The Morgan fingerprint density at radius 3 is 2.40 bits per heavy atom. The SMILES string of the molecule is CCS(=O)(=O)Nc1ccc(C(=O)N(C)Cc2nc(-c3ccc(OC)cc3)no2)cc1. The number of sulfonamides is 1. The Hall–Kier alpha value is -3.40. The van der Waals surface area contributed by atoms with Gasteiger partial charge in [-0.3, -0.25) is 9.52 Å². The van der Waals surface area contributed by atoms with Crippen molar-refractivity contribution in [1.82, 2.24) is 15.0 Å². The van der Waals surface area contributed by atoms with Gasteiger partial charge in [-0.1, -0.05) is 5.16 Å². The van der Waals surface area contributed by atoms with E-state index < -0.39 is 10.0 Å². The van der Waals surface area contributed by atoms with E-state index in [1.165, 1.54) is 4.90 Å². The molecule has 1 aromatic heterocycles. The zero-order valence-electron chi connectivity index (χ0n) is 16.8. The average Bonchev–Trinajstić information content (AvgIpc) is 3.22. The van der Waals surface area contributed by atoms with Gasteiger partial charge in [0.2, 0.25) is 21.7 Å². The van der Waals surface area contributed by atoms with Gasteiger partial charge in [0, 0.05) is 23.9 Å². The maximum atomic E-state index is 12.6. The van der Waals surface area contributed by atoms with Crippen molar-refractivity contribution in [2.45, 2.75) is 13.5 Å². The van der Waals surface area contributed by atoms with Gasteiger partial charge in [-0.15, -0.1) is 0 Å². The van der Waals surface area contributed by atoms with E-state index in [9.17, 15) is 13.2 Å². The monoisotopic (exact) mass is 430 g/mol. The molecule has 0 spiro atoms. The van der Waals surface area contributed by atoms with Crippen molar-refractivity contribution < 1.29 is 22.5 Å². The lowest BCUT2D eigenvalue weighted by Gasteiger charge is -2.15. The first-order valence-corrected chi connectivity index (χ1v) is 10.8. The molecular weight excluding hydrogens is 408 g/mol. The second-order valence-corrected chi connectivity index (χ2v) is 8.50. The number of aromatic nitrogens is 2. The minimum atomic E-state index is -3.37. The van der Waals surface area contributed by atoms with Crippen LogP contribution in [0, 0.1) is 0 Å². The molecule has 3 rings (SSSR count). The molecule has 0 unspecified atom stereocenters. The zero-order valence-corrected chi connectivity index (χ0v) is 17.6. The molecule has 30 heavy (non-hydrogen) atoms. The van der Waals surface area contributed by atoms with E-state index in [0.717, 1.165) is 11.3 Å². The van der Waals surface area contributed by atoms with Gasteiger partial charge in [-0.2, -0.15) is 4.98 Å². The smallest absolute Gasteiger partial charge is 0.254 e. The van der Waals surface area contributed by atoms with Gasteiger partial charge in [0.15, 0.2) is 0 Å². The normalized spacial score (nSPS) is 11.2. The summed E-state index contributed by atoms with van der Waals surface area (Å²) in [7, 11) is -0.160. The van der Waals surface area contributed by atoms with Crippen molar-refractivity contribution in [3.8, 4) is 17.1 Å². The van der Waals surface area contributed by atoms with Gasteiger partial charge in [0.1, 0.15) is 5.75 Å². The highest BCUT2D eigenvalue weighted by atomic mass is 32.2. The number of carbonyl (C=O) groups is 1. The predicted octanol–water partition coefficient (Wildman–Crippen LogP) is 2.78. The van der Waals surface area contributed by atoms with Crippen LogP contribution in [0.5, 0.6) is 5.75 Å². The number of methoxy groups -OCH3 is 1. The van der Waals surface area contributed by atoms with Crippen molar-refractivity contribution in [3.05, 3.63) is 60.0 Å². The second kappa shape index (κ2) is 8.95. The summed E-state index contributed by atoms with van der Waals surface area (Å²) in [6.45, 7) is 1.68. The van der Waals surface area contributed by atoms with Crippen LogP contribution < -0.4 is 9.46 Å². The van der Waals surface area contributed by atoms with Crippen LogP contribution in [0.3, 0.4) is 0 Å². The van der Waals surface area contributed by atoms with E-state index in [-0.39, 0.29) is 18.2 Å². The summed E-state index contributed by atoms with van der Waals surface area (Å²) in [5.74, 6) is 1.15. The molecule has 10 heteroatoms. The van der Waals surface area contributed by atoms with Gasteiger partial charge in [-0.05, 0) is 55.5 Å². The summed E-state index contributed by atoms with van der Waals surface area (Å²) in [6, 6.07) is 13.4. The van der Waals surface area contributed by atoms with Gasteiger partial charge < -0.3 is 14.2 Å². The number of anilines is 1. The van der Waals surface area contributed by atoms with E-state index >= 15 is 0 Å². The molecular formula is C20H22N4O5S. The molecule has 0 atom stereocenters. The van der Waals surface area contributed by atoms with Crippen LogP contribution in [0.15, 0.2) is 53.1 Å². The summed E-state index contributed by atoms with van der Waals surface area (Å²) in [6.07, 6.45) is 0. The largest absolute Gasteiger partial charge is 0.497 e. The molecule has 1 heterocycles. The Kier molecular flexibility index (Phi) is 6.36. The number of nitrogens with one attached hydrogen (secondary N) is 1. The predicted molar refractivity (Wildman–Crippen MR) is 112 cm³/mol. The number of rotatable bonds is 8. The van der Waals surface area contributed by atoms with Crippen LogP contribution in [0.25, 0.3) is 11.4 Å². The molecule has 0 aliphatic heterocycles. The van der Waals surface area contributed by atoms with Gasteiger partial charge >= 0.3 is 0 Å². The first-order valence-electron chi connectivity index (χ1n) is 9.14. The summed E-state index contributed by atoms with van der Waals surface area (Å²) >= 11 is 0. The van der Waals surface area contributed by atoms with Crippen LogP contribution in [0.1, 0.15) is 23.2 Å². The van der Waals surface area contributed by atoms with Crippen molar-refractivity contribution in [2.75, 3.05) is 24.6 Å². The number of ether oxygens (including phenoxy) is 1. The molecule has 0 saturated carbocycles. The summed E-state index contributed by atoms with van der Waals surface area (Å²) < 4.78 is 36.1. The Morgan fingerprint density at radius 2 is 1.80 bits per heavy atom. The number of benzene rings is 2. The lowest BCUT2D eigenvalue weighted by Crippen LogP contribution is -2.26. The molecule has 0 radical (unpaired) electrons. The molecule has 9 nitrogen and oxygen atoms in total. The van der Waals surface area contributed by atoms with E-state index in [2.05, 4.69) is 14.9 Å². The summed E-state index contributed by atoms with van der Waals surface area (Å²) in [5, 5.41) is 3.95. The van der Waals surface area contributed by atoms with Crippen molar-refractivity contribution >= 4 is 21.6 Å². The lowest BCUT2D eigenvalue weighted by molar-refractivity contribution is 0.0769. The van der Waals surface area contributed by atoms with E-state index in [0.29, 0.717) is 23.0 Å².